The summed E-state index contributed by atoms with van der Waals surface area (Å²) in [5, 5.41) is 3.30. The molecule has 0 aliphatic carbocycles. The average molecular weight is 280 g/mol. The standard InChI is InChI=1S/C16H22F2N2/c1-3-12(2)10-20-8-4-5-14(11-20)19-13-6-7-15(17)16(18)9-13/h3,6-7,9,14,19H,4-5,8,10-11H2,1-2H3. The lowest BCUT2D eigenvalue weighted by Crippen LogP contribution is -2.42. The Morgan fingerprint density at radius 3 is 2.90 bits per heavy atom. The molecule has 1 aliphatic rings. The molecule has 1 aromatic rings. The molecule has 2 rings (SSSR count). The molecule has 1 atom stereocenters. The van der Waals surface area contributed by atoms with Crippen LogP contribution in [-0.2, 0) is 0 Å². The maximum atomic E-state index is 13.2. The zero-order valence-corrected chi connectivity index (χ0v) is 12.1. The van der Waals surface area contributed by atoms with Crippen LogP contribution in [0.25, 0.3) is 0 Å². The molecule has 2 nitrogen and oxygen atoms in total. The van der Waals surface area contributed by atoms with Crippen LogP contribution in [-0.4, -0.2) is 30.6 Å². The molecule has 0 spiro atoms. The Labute approximate surface area is 119 Å². The van der Waals surface area contributed by atoms with E-state index in [2.05, 4.69) is 30.1 Å². The van der Waals surface area contributed by atoms with Gasteiger partial charge in [0.15, 0.2) is 11.6 Å². The van der Waals surface area contributed by atoms with Crippen molar-refractivity contribution in [2.45, 2.75) is 32.7 Å². The van der Waals surface area contributed by atoms with Crippen LogP contribution in [0, 0.1) is 11.6 Å². The third-order valence-electron chi connectivity index (χ3n) is 3.76. The van der Waals surface area contributed by atoms with E-state index in [1.165, 1.54) is 17.7 Å². The largest absolute Gasteiger partial charge is 0.381 e. The number of anilines is 1. The highest BCUT2D eigenvalue weighted by molar-refractivity contribution is 5.44. The van der Waals surface area contributed by atoms with Gasteiger partial charge in [-0.15, -0.1) is 0 Å². The van der Waals surface area contributed by atoms with Gasteiger partial charge in [0.25, 0.3) is 0 Å². The fourth-order valence-corrected chi connectivity index (χ4v) is 2.58. The number of hydrogen-bond donors (Lipinski definition) is 1. The van der Waals surface area contributed by atoms with Crippen LogP contribution in [0.15, 0.2) is 29.8 Å². The Bertz CT molecular complexity index is 485. The number of benzene rings is 1. The molecular formula is C16H22F2N2. The van der Waals surface area contributed by atoms with Crippen molar-refractivity contribution in [2.75, 3.05) is 25.0 Å². The molecule has 0 amide bonds. The number of hydrogen-bond acceptors (Lipinski definition) is 2. The minimum atomic E-state index is -0.801. The Balaban J connectivity index is 1.93. The number of nitrogens with zero attached hydrogens (tertiary/aromatic N) is 1. The summed E-state index contributed by atoms with van der Waals surface area (Å²) in [5.74, 6) is -1.60. The molecule has 0 aromatic heterocycles. The number of piperidine rings is 1. The molecule has 1 saturated heterocycles. The van der Waals surface area contributed by atoms with Crippen molar-refractivity contribution in [2.24, 2.45) is 0 Å². The van der Waals surface area contributed by atoms with Crippen LogP contribution in [0.2, 0.25) is 0 Å². The highest BCUT2D eigenvalue weighted by Gasteiger charge is 2.19. The molecule has 1 unspecified atom stereocenters. The van der Waals surface area contributed by atoms with E-state index in [1.807, 2.05) is 0 Å². The topological polar surface area (TPSA) is 15.3 Å². The maximum absolute atomic E-state index is 13.2. The third kappa shape index (κ3) is 4.04. The van der Waals surface area contributed by atoms with Gasteiger partial charge in [0.05, 0.1) is 0 Å². The van der Waals surface area contributed by atoms with E-state index in [0.717, 1.165) is 32.5 Å². The Kier molecular flexibility index (Phi) is 5.12. The third-order valence-corrected chi connectivity index (χ3v) is 3.76. The molecule has 1 fully saturated rings. The highest BCUT2D eigenvalue weighted by Crippen LogP contribution is 2.19. The van der Waals surface area contributed by atoms with Crippen molar-refractivity contribution in [1.29, 1.82) is 0 Å². The number of halogens is 2. The first-order valence-electron chi connectivity index (χ1n) is 7.14. The summed E-state index contributed by atoms with van der Waals surface area (Å²) in [6, 6.07) is 4.28. The molecule has 20 heavy (non-hydrogen) atoms. The van der Waals surface area contributed by atoms with E-state index in [1.54, 1.807) is 6.07 Å². The Hall–Kier alpha value is -1.42. The maximum Gasteiger partial charge on any atom is 0.160 e. The van der Waals surface area contributed by atoms with Gasteiger partial charge in [-0.05, 0) is 45.4 Å². The van der Waals surface area contributed by atoms with Crippen molar-refractivity contribution in [3.8, 4) is 0 Å². The van der Waals surface area contributed by atoms with E-state index in [-0.39, 0.29) is 0 Å². The van der Waals surface area contributed by atoms with E-state index in [0.29, 0.717) is 11.7 Å². The molecular weight excluding hydrogens is 258 g/mol. The number of likely N-dealkylation sites (tertiary alicyclic amines) is 1. The van der Waals surface area contributed by atoms with E-state index in [9.17, 15) is 8.78 Å². The molecule has 0 saturated carbocycles. The first kappa shape index (κ1) is 15.0. The molecule has 1 aromatic carbocycles. The zero-order valence-electron chi connectivity index (χ0n) is 12.1. The van der Waals surface area contributed by atoms with Gasteiger partial charge in [-0.25, -0.2) is 8.78 Å². The zero-order chi connectivity index (χ0) is 14.5. The normalized spacial score (nSPS) is 21.0. The number of nitrogens with one attached hydrogen (secondary N) is 1. The van der Waals surface area contributed by atoms with E-state index < -0.39 is 11.6 Å². The molecule has 0 radical (unpaired) electrons. The van der Waals surface area contributed by atoms with E-state index in [4.69, 9.17) is 0 Å². The van der Waals surface area contributed by atoms with Gasteiger partial charge in [0.1, 0.15) is 0 Å². The monoisotopic (exact) mass is 280 g/mol. The van der Waals surface area contributed by atoms with Crippen molar-refractivity contribution in [3.63, 3.8) is 0 Å². The lowest BCUT2D eigenvalue weighted by Gasteiger charge is -2.33. The lowest BCUT2D eigenvalue weighted by molar-refractivity contribution is 0.232. The second kappa shape index (κ2) is 6.84. The van der Waals surface area contributed by atoms with Gasteiger partial charge in [0.2, 0.25) is 0 Å². The first-order valence-corrected chi connectivity index (χ1v) is 7.14. The Morgan fingerprint density at radius 2 is 2.20 bits per heavy atom. The quantitative estimate of drug-likeness (QED) is 0.844. The van der Waals surface area contributed by atoms with Crippen LogP contribution in [0.3, 0.4) is 0 Å². The van der Waals surface area contributed by atoms with Gasteiger partial charge in [0, 0.05) is 30.9 Å². The van der Waals surface area contributed by atoms with Crippen molar-refractivity contribution < 1.29 is 8.78 Å². The van der Waals surface area contributed by atoms with Gasteiger partial charge in [-0.2, -0.15) is 0 Å². The molecule has 0 bridgehead atoms. The summed E-state index contributed by atoms with van der Waals surface area (Å²) in [6.45, 7) is 7.19. The minimum Gasteiger partial charge on any atom is -0.381 e. The van der Waals surface area contributed by atoms with Crippen molar-refractivity contribution >= 4 is 5.69 Å². The molecule has 1 aliphatic heterocycles. The van der Waals surface area contributed by atoms with Crippen molar-refractivity contribution in [3.05, 3.63) is 41.5 Å². The first-order chi connectivity index (χ1) is 9.58. The second-order valence-corrected chi connectivity index (χ2v) is 5.48. The van der Waals surface area contributed by atoms with Crippen LogP contribution in [0.5, 0.6) is 0 Å². The van der Waals surface area contributed by atoms with E-state index >= 15 is 0 Å². The Morgan fingerprint density at radius 1 is 1.40 bits per heavy atom. The highest BCUT2D eigenvalue weighted by atomic mass is 19.2. The fraction of sp³-hybridized carbons (Fsp3) is 0.500. The smallest absolute Gasteiger partial charge is 0.160 e. The summed E-state index contributed by atoms with van der Waals surface area (Å²) in [7, 11) is 0. The number of rotatable bonds is 4. The van der Waals surface area contributed by atoms with Gasteiger partial charge >= 0.3 is 0 Å². The predicted octanol–water partition coefficient (Wildman–Crippen LogP) is 3.81. The van der Waals surface area contributed by atoms with Crippen LogP contribution < -0.4 is 5.32 Å². The van der Waals surface area contributed by atoms with Crippen LogP contribution in [0.4, 0.5) is 14.5 Å². The second-order valence-electron chi connectivity index (χ2n) is 5.48. The predicted molar refractivity (Wildman–Crippen MR) is 78.9 cm³/mol. The van der Waals surface area contributed by atoms with Crippen LogP contribution >= 0.6 is 0 Å². The van der Waals surface area contributed by atoms with Gasteiger partial charge in [-0.1, -0.05) is 11.6 Å². The number of allylic oxidation sites excluding steroid dienone is 1. The van der Waals surface area contributed by atoms with Crippen molar-refractivity contribution in [1.82, 2.24) is 4.90 Å². The summed E-state index contributed by atoms with van der Waals surface area (Å²) < 4.78 is 26.1. The lowest BCUT2D eigenvalue weighted by atomic mass is 10.0. The average Bonchev–Trinajstić information content (AvgIpc) is 2.43. The van der Waals surface area contributed by atoms with Gasteiger partial charge in [-0.3, -0.25) is 4.90 Å². The van der Waals surface area contributed by atoms with Gasteiger partial charge < -0.3 is 5.32 Å². The molecule has 110 valence electrons. The summed E-state index contributed by atoms with van der Waals surface area (Å²) in [5.41, 5.74) is 2.01. The molecule has 1 N–H and O–H groups in total. The molecule has 1 heterocycles. The molecule has 4 heteroatoms. The SMILES string of the molecule is CC=C(C)CN1CCCC(Nc2ccc(F)c(F)c2)C1. The summed E-state index contributed by atoms with van der Waals surface area (Å²) >= 11 is 0. The summed E-state index contributed by atoms with van der Waals surface area (Å²) in [4.78, 5) is 2.40. The summed E-state index contributed by atoms with van der Waals surface area (Å²) in [6.07, 6.45) is 4.31. The fourth-order valence-electron chi connectivity index (χ4n) is 2.58. The minimum absolute atomic E-state index is 0.290. The van der Waals surface area contributed by atoms with Crippen LogP contribution in [0.1, 0.15) is 26.7 Å².